The van der Waals surface area contributed by atoms with E-state index in [1.165, 1.54) is 19.2 Å². The normalized spacial score (nSPS) is 12.4. The molecule has 0 amide bonds. The average molecular weight is 587 g/mol. The summed E-state index contributed by atoms with van der Waals surface area (Å²) in [6, 6.07) is 24.5. The smallest absolute Gasteiger partial charge is 0.200 e. The first kappa shape index (κ1) is 31.3. The Morgan fingerprint density at radius 3 is 2.28 bits per heavy atom. The van der Waals surface area contributed by atoms with Crippen molar-refractivity contribution in [1.82, 2.24) is 0 Å². The number of aliphatic hydroxyl groups excluding tert-OH is 1. The molecule has 8 nitrogen and oxygen atoms in total. The number of carbonyl (C=O) groups is 1. The monoisotopic (exact) mass is 586 g/mol. The quantitative estimate of drug-likeness (QED) is 0.105. The summed E-state index contributed by atoms with van der Waals surface area (Å²) in [5.74, 6) is -0.539. The Balaban J connectivity index is 1.46. The van der Waals surface area contributed by atoms with Crippen LogP contribution in [0.5, 0.6) is 34.5 Å². The van der Waals surface area contributed by atoms with Crippen molar-refractivity contribution >= 4 is 5.78 Å². The molecule has 0 aliphatic heterocycles. The van der Waals surface area contributed by atoms with Crippen LogP contribution in [0.15, 0.2) is 84.9 Å². The lowest BCUT2D eigenvalue weighted by Crippen LogP contribution is -2.18. The zero-order valence-corrected chi connectivity index (χ0v) is 24.1. The molecule has 0 aliphatic carbocycles. The van der Waals surface area contributed by atoms with Crippen LogP contribution in [0.25, 0.3) is 0 Å². The van der Waals surface area contributed by atoms with Crippen LogP contribution in [-0.4, -0.2) is 44.5 Å². The van der Waals surface area contributed by atoms with Gasteiger partial charge in [0.1, 0.15) is 18.1 Å². The number of hydrogen-bond acceptors (Lipinski definition) is 8. The van der Waals surface area contributed by atoms with Gasteiger partial charge in [-0.2, -0.15) is 0 Å². The van der Waals surface area contributed by atoms with Crippen LogP contribution in [0, 0.1) is 0 Å². The van der Waals surface area contributed by atoms with Gasteiger partial charge in [-0.3, -0.25) is 4.79 Å². The number of hydrogen-bond donors (Lipinski definition) is 5. The van der Waals surface area contributed by atoms with E-state index in [4.69, 9.17) is 9.47 Å². The number of rotatable bonds is 15. The second kappa shape index (κ2) is 15.0. The molecule has 0 aromatic heterocycles. The van der Waals surface area contributed by atoms with Gasteiger partial charge in [0.15, 0.2) is 23.0 Å². The third kappa shape index (κ3) is 9.15. The van der Waals surface area contributed by atoms with Gasteiger partial charge in [0, 0.05) is 12.8 Å². The molecule has 5 N–H and O–H groups in total. The molecule has 0 aliphatic rings. The number of aromatic hydroxyl groups is 4. The van der Waals surface area contributed by atoms with Gasteiger partial charge >= 0.3 is 0 Å². The van der Waals surface area contributed by atoms with E-state index in [9.17, 15) is 30.3 Å². The molecule has 4 aromatic rings. The predicted octanol–water partition coefficient (Wildman–Crippen LogP) is 6.16. The Labute approximate surface area is 251 Å². The fraction of sp³-hybridized carbons (Fsp3) is 0.286. The maximum atomic E-state index is 12.8. The van der Waals surface area contributed by atoms with Gasteiger partial charge in [-0.1, -0.05) is 48.5 Å². The van der Waals surface area contributed by atoms with E-state index in [1.54, 1.807) is 42.5 Å². The number of ketones is 1. The molecule has 0 saturated heterocycles. The van der Waals surface area contributed by atoms with Gasteiger partial charge in [0.25, 0.3) is 0 Å². The molecule has 0 unspecified atom stereocenters. The van der Waals surface area contributed by atoms with Gasteiger partial charge < -0.3 is 35.0 Å². The van der Waals surface area contributed by atoms with Crippen LogP contribution >= 0.6 is 0 Å². The van der Waals surface area contributed by atoms with Crippen LogP contribution < -0.4 is 9.47 Å². The van der Waals surface area contributed by atoms with E-state index in [1.807, 2.05) is 30.3 Å². The van der Waals surface area contributed by atoms with Crippen molar-refractivity contribution in [3.8, 4) is 34.5 Å². The Morgan fingerprint density at radius 1 is 0.767 bits per heavy atom. The summed E-state index contributed by atoms with van der Waals surface area (Å²) in [7, 11) is 1.46. The number of aryl methyl sites for hydroxylation is 2. The molecule has 2 atom stereocenters. The molecule has 43 heavy (non-hydrogen) atoms. The molecule has 4 aromatic carbocycles. The van der Waals surface area contributed by atoms with Crippen molar-refractivity contribution in [2.24, 2.45) is 0 Å². The number of benzene rings is 4. The molecular weight excluding hydrogens is 548 g/mol. The van der Waals surface area contributed by atoms with Crippen molar-refractivity contribution in [1.29, 1.82) is 0 Å². The first-order valence-corrected chi connectivity index (χ1v) is 14.3. The molecule has 0 radical (unpaired) electrons. The van der Waals surface area contributed by atoms with E-state index < -0.39 is 11.9 Å². The average Bonchev–Trinajstić information content (AvgIpc) is 3.00. The summed E-state index contributed by atoms with van der Waals surface area (Å²) >= 11 is 0. The van der Waals surface area contributed by atoms with Gasteiger partial charge in [-0.05, 0) is 90.3 Å². The fourth-order valence-electron chi connectivity index (χ4n) is 5.11. The number of Topliss-reactive ketones (excluding diaryl/α,β-unsaturated/α-hetero) is 1. The molecule has 0 bridgehead atoms. The highest BCUT2D eigenvalue weighted by Crippen LogP contribution is 2.41. The zero-order chi connectivity index (χ0) is 30.8. The highest BCUT2D eigenvalue weighted by atomic mass is 16.5. The molecule has 226 valence electrons. The van der Waals surface area contributed by atoms with Crippen molar-refractivity contribution in [3.05, 3.63) is 107 Å². The lowest BCUT2D eigenvalue weighted by molar-refractivity contribution is -0.121. The predicted molar refractivity (Wildman–Crippen MR) is 163 cm³/mol. The fourth-order valence-corrected chi connectivity index (χ4v) is 5.11. The number of phenols is 4. The van der Waals surface area contributed by atoms with Gasteiger partial charge in [-0.15, -0.1) is 0 Å². The van der Waals surface area contributed by atoms with Gasteiger partial charge in [0.05, 0.1) is 13.2 Å². The maximum absolute atomic E-state index is 12.8. The zero-order valence-electron chi connectivity index (χ0n) is 24.1. The number of phenolic OH excluding ortho intramolecular Hbond substituents is 4. The summed E-state index contributed by atoms with van der Waals surface area (Å²) in [5.41, 5.74) is 3.31. The maximum Gasteiger partial charge on any atom is 0.200 e. The van der Waals surface area contributed by atoms with E-state index >= 15 is 0 Å². The summed E-state index contributed by atoms with van der Waals surface area (Å²) < 4.78 is 11.0. The first-order chi connectivity index (χ1) is 20.7. The second-order valence-corrected chi connectivity index (χ2v) is 10.7. The topological polar surface area (TPSA) is 137 Å². The summed E-state index contributed by atoms with van der Waals surface area (Å²) in [6.45, 7) is 0.0591. The molecular formula is C35H38O8. The number of aliphatic hydroxyl groups is 1. The van der Waals surface area contributed by atoms with Crippen molar-refractivity contribution in [3.63, 3.8) is 0 Å². The summed E-state index contributed by atoms with van der Waals surface area (Å²) in [6.07, 6.45) is 1.33. The largest absolute Gasteiger partial charge is 0.508 e. The van der Waals surface area contributed by atoms with E-state index in [0.717, 1.165) is 11.1 Å². The molecule has 4 rings (SSSR count). The minimum Gasteiger partial charge on any atom is -0.508 e. The van der Waals surface area contributed by atoms with E-state index in [-0.39, 0.29) is 60.6 Å². The number of carbonyl (C=O) groups excluding carboxylic acids is 1. The SMILES string of the molecule is COc1cc(CCC(=O)C[C@H](O)C[C@H](CCc2ccccc2)c2cc(O)c(O)c(OCc3cccc(O)c3)c2)ccc1O. The Hall–Kier alpha value is -4.69. The standard InChI is InChI=1S/C35H38O8/c1-42-33-17-24(12-15-31(33)39)11-14-29(37)21-30(38)18-26(13-10-23-6-3-2-4-7-23)27-19-32(40)35(41)34(20-27)43-22-25-8-5-9-28(36)16-25/h2-9,12,15-17,19-20,26,30,36,38-41H,10-11,13-14,18,21-22H2,1H3/t26-,30+/m0/s1. The molecule has 8 heteroatoms. The molecule has 0 fully saturated rings. The van der Waals surface area contributed by atoms with Crippen molar-refractivity contribution < 1.29 is 39.8 Å². The van der Waals surface area contributed by atoms with Crippen molar-refractivity contribution in [2.75, 3.05) is 7.11 Å². The Kier molecular flexibility index (Phi) is 10.9. The van der Waals surface area contributed by atoms with Crippen molar-refractivity contribution in [2.45, 2.75) is 57.2 Å². The van der Waals surface area contributed by atoms with Crippen LogP contribution in [0.3, 0.4) is 0 Å². The third-order valence-electron chi connectivity index (χ3n) is 7.43. The van der Waals surface area contributed by atoms with E-state index in [0.29, 0.717) is 36.1 Å². The van der Waals surface area contributed by atoms with E-state index in [2.05, 4.69) is 0 Å². The molecule has 0 spiro atoms. The van der Waals surface area contributed by atoms with Gasteiger partial charge in [0.2, 0.25) is 5.75 Å². The minimum absolute atomic E-state index is 0.0258. The van der Waals surface area contributed by atoms with Gasteiger partial charge in [-0.25, -0.2) is 0 Å². The van der Waals surface area contributed by atoms with Crippen LogP contribution in [-0.2, 0) is 24.2 Å². The summed E-state index contributed by atoms with van der Waals surface area (Å²) in [4.78, 5) is 12.8. The highest BCUT2D eigenvalue weighted by Gasteiger charge is 2.22. The van der Waals surface area contributed by atoms with Crippen LogP contribution in [0.2, 0.25) is 0 Å². The second-order valence-electron chi connectivity index (χ2n) is 10.7. The lowest BCUT2D eigenvalue weighted by atomic mass is 9.86. The minimum atomic E-state index is -0.921. The van der Waals surface area contributed by atoms with Crippen LogP contribution in [0.1, 0.15) is 53.9 Å². The Bertz CT molecular complexity index is 1500. The first-order valence-electron chi connectivity index (χ1n) is 14.3. The Morgan fingerprint density at radius 2 is 1.53 bits per heavy atom. The third-order valence-corrected chi connectivity index (χ3v) is 7.43. The van der Waals surface area contributed by atoms with Crippen LogP contribution in [0.4, 0.5) is 0 Å². The highest BCUT2D eigenvalue weighted by molar-refractivity contribution is 5.79. The molecule has 0 heterocycles. The molecule has 0 saturated carbocycles. The lowest BCUT2D eigenvalue weighted by Gasteiger charge is -2.22. The number of methoxy groups -OCH3 is 1. The number of ether oxygens (including phenoxy) is 2. The summed E-state index contributed by atoms with van der Waals surface area (Å²) in [5, 5.41) is 51.6.